The Hall–Kier alpha value is -1.77. The molecule has 0 bridgehead atoms. The summed E-state index contributed by atoms with van der Waals surface area (Å²) in [6.45, 7) is 4.20. The number of carbonyl (C=O) groups is 2. The summed E-state index contributed by atoms with van der Waals surface area (Å²) < 4.78 is 33.9. The van der Waals surface area contributed by atoms with Crippen LogP contribution in [0.3, 0.4) is 0 Å². The van der Waals surface area contributed by atoms with Crippen LogP contribution in [0.15, 0.2) is 36.5 Å². The van der Waals surface area contributed by atoms with Crippen molar-refractivity contribution in [3.8, 4) is 0 Å². The summed E-state index contributed by atoms with van der Waals surface area (Å²) in [5.41, 5.74) is 0. The van der Waals surface area contributed by atoms with E-state index in [1.807, 2.05) is 21.1 Å². The van der Waals surface area contributed by atoms with Crippen molar-refractivity contribution in [3.05, 3.63) is 36.5 Å². The highest BCUT2D eigenvalue weighted by Crippen LogP contribution is 2.38. The highest BCUT2D eigenvalue weighted by molar-refractivity contribution is 7.45. The smallest absolute Gasteiger partial charge is 0.306 e. The standard InChI is InChI=1S/C48H90NO8P/c1-6-8-10-12-14-16-18-20-22-24-25-27-28-30-32-34-36-38-40-47(50)54-44-46(45-56-58(52,53)55-43-42-49(3,4)5)57-48(51)41-39-37-35-33-31-29-26-23-21-19-17-15-13-11-9-7-2/h17,19,22-24,26,46H,6-16,18,20-21,25,27-45H2,1-5H3/b19-17-,24-22-,26-23-. The van der Waals surface area contributed by atoms with E-state index in [1.165, 1.54) is 103 Å². The van der Waals surface area contributed by atoms with E-state index >= 15 is 0 Å². The zero-order chi connectivity index (χ0) is 42.8. The number of rotatable bonds is 43. The maximum Gasteiger partial charge on any atom is 0.306 e. The lowest BCUT2D eigenvalue weighted by Gasteiger charge is -2.28. The van der Waals surface area contributed by atoms with Crippen molar-refractivity contribution in [1.29, 1.82) is 0 Å². The predicted octanol–water partition coefficient (Wildman–Crippen LogP) is 13.1. The molecule has 0 spiro atoms. The van der Waals surface area contributed by atoms with Crippen molar-refractivity contribution in [2.24, 2.45) is 0 Å². The van der Waals surface area contributed by atoms with Gasteiger partial charge in [-0.05, 0) is 70.6 Å². The van der Waals surface area contributed by atoms with Gasteiger partial charge in [0.2, 0.25) is 0 Å². The van der Waals surface area contributed by atoms with Crippen LogP contribution in [0.4, 0.5) is 0 Å². The molecule has 0 radical (unpaired) electrons. The Balaban J connectivity index is 4.33. The fourth-order valence-corrected chi connectivity index (χ4v) is 7.11. The van der Waals surface area contributed by atoms with Gasteiger partial charge < -0.3 is 27.9 Å². The first-order valence-corrected chi connectivity index (χ1v) is 25.2. The Morgan fingerprint density at radius 1 is 0.534 bits per heavy atom. The number of esters is 2. The van der Waals surface area contributed by atoms with Crippen LogP contribution in [-0.2, 0) is 32.7 Å². The fraction of sp³-hybridized carbons (Fsp3) is 0.833. The Morgan fingerprint density at radius 3 is 1.40 bits per heavy atom. The zero-order valence-corrected chi connectivity index (χ0v) is 39.1. The molecule has 0 N–H and O–H groups in total. The van der Waals surface area contributed by atoms with E-state index in [1.54, 1.807) is 0 Å². The van der Waals surface area contributed by atoms with Crippen molar-refractivity contribution in [2.45, 2.75) is 213 Å². The number of unbranched alkanes of at least 4 members (excludes halogenated alkanes) is 23. The number of likely N-dealkylation sites (N-methyl/N-ethyl adjacent to an activating group) is 1. The first kappa shape index (κ1) is 56.2. The maximum atomic E-state index is 12.7. The van der Waals surface area contributed by atoms with Gasteiger partial charge in [-0.1, -0.05) is 159 Å². The number of allylic oxidation sites excluding steroid dienone is 6. The van der Waals surface area contributed by atoms with Gasteiger partial charge in [-0.25, -0.2) is 0 Å². The Morgan fingerprint density at radius 2 is 0.931 bits per heavy atom. The maximum absolute atomic E-state index is 12.7. The molecule has 0 saturated heterocycles. The van der Waals surface area contributed by atoms with Crippen LogP contribution in [0.25, 0.3) is 0 Å². The van der Waals surface area contributed by atoms with Gasteiger partial charge in [-0.2, -0.15) is 0 Å². The third-order valence-electron chi connectivity index (χ3n) is 10.1. The normalized spacial score (nSPS) is 13.8. The number of quaternary nitrogens is 1. The minimum atomic E-state index is -4.63. The van der Waals surface area contributed by atoms with Gasteiger partial charge in [0.15, 0.2) is 6.10 Å². The van der Waals surface area contributed by atoms with Crippen molar-refractivity contribution in [2.75, 3.05) is 47.5 Å². The average molecular weight is 840 g/mol. The van der Waals surface area contributed by atoms with Crippen molar-refractivity contribution in [1.82, 2.24) is 0 Å². The highest BCUT2D eigenvalue weighted by atomic mass is 31.2. The second-order valence-electron chi connectivity index (χ2n) is 17.1. The molecule has 10 heteroatoms. The first-order chi connectivity index (χ1) is 28.0. The highest BCUT2D eigenvalue weighted by Gasteiger charge is 2.21. The summed E-state index contributed by atoms with van der Waals surface area (Å²) in [4.78, 5) is 37.6. The van der Waals surface area contributed by atoms with Gasteiger partial charge in [0.1, 0.15) is 19.8 Å². The second kappa shape index (κ2) is 40.6. The minimum Gasteiger partial charge on any atom is -0.756 e. The fourth-order valence-electron chi connectivity index (χ4n) is 6.39. The van der Waals surface area contributed by atoms with Gasteiger partial charge in [-0.3, -0.25) is 14.2 Å². The van der Waals surface area contributed by atoms with E-state index < -0.39 is 32.5 Å². The molecular formula is C48H90NO8P. The molecule has 0 saturated carbocycles. The molecule has 0 rings (SSSR count). The van der Waals surface area contributed by atoms with Gasteiger partial charge in [-0.15, -0.1) is 0 Å². The number of carbonyl (C=O) groups excluding carboxylic acids is 2. The number of ether oxygens (including phenoxy) is 2. The third-order valence-corrected chi connectivity index (χ3v) is 11.1. The minimum absolute atomic E-state index is 0.0344. The number of phosphoric acid groups is 1. The summed E-state index contributed by atoms with van der Waals surface area (Å²) in [5, 5.41) is 0. The quantitative estimate of drug-likeness (QED) is 0.0196. The summed E-state index contributed by atoms with van der Waals surface area (Å²) in [7, 11) is 1.15. The average Bonchev–Trinajstić information content (AvgIpc) is 3.17. The monoisotopic (exact) mass is 840 g/mol. The van der Waals surface area contributed by atoms with E-state index in [0.29, 0.717) is 17.4 Å². The molecule has 0 aromatic heterocycles. The molecule has 2 unspecified atom stereocenters. The van der Waals surface area contributed by atoms with E-state index in [0.717, 1.165) is 70.6 Å². The molecule has 0 heterocycles. The van der Waals surface area contributed by atoms with Crippen molar-refractivity contribution >= 4 is 19.8 Å². The number of hydrogen-bond donors (Lipinski definition) is 0. The molecule has 2 atom stereocenters. The van der Waals surface area contributed by atoms with Crippen LogP contribution in [0.2, 0.25) is 0 Å². The second-order valence-corrected chi connectivity index (χ2v) is 18.5. The lowest BCUT2D eigenvalue weighted by Crippen LogP contribution is -2.37. The summed E-state index contributed by atoms with van der Waals surface area (Å²) in [6, 6.07) is 0. The molecule has 58 heavy (non-hydrogen) atoms. The zero-order valence-electron chi connectivity index (χ0n) is 38.2. The van der Waals surface area contributed by atoms with Gasteiger partial charge in [0.25, 0.3) is 7.82 Å². The summed E-state index contributed by atoms with van der Waals surface area (Å²) >= 11 is 0. The molecule has 340 valence electrons. The number of nitrogens with zero attached hydrogens (tertiary/aromatic N) is 1. The first-order valence-electron chi connectivity index (χ1n) is 23.7. The van der Waals surface area contributed by atoms with E-state index in [-0.39, 0.29) is 26.1 Å². The largest absolute Gasteiger partial charge is 0.756 e. The van der Waals surface area contributed by atoms with Crippen LogP contribution >= 0.6 is 7.82 Å². The number of phosphoric ester groups is 1. The van der Waals surface area contributed by atoms with Crippen LogP contribution in [0.1, 0.15) is 206 Å². The summed E-state index contributed by atoms with van der Waals surface area (Å²) in [5.74, 6) is -0.852. The third kappa shape index (κ3) is 43.8. The number of hydrogen-bond acceptors (Lipinski definition) is 8. The lowest BCUT2D eigenvalue weighted by molar-refractivity contribution is -0.870. The lowest BCUT2D eigenvalue weighted by atomic mass is 10.1. The molecule has 0 aliphatic carbocycles. The van der Waals surface area contributed by atoms with Crippen molar-refractivity contribution in [3.63, 3.8) is 0 Å². The predicted molar refractivity (Wildman–Crippen MR) is 241 cm³/mol. The SMILES string of the molecule is CCCCCC/C=C\C/C=C\CCCCCCCC(=O)OC(COC(=O)CCCCCCCCC/C=C\CCCCCCCCC)COP(=O)([O-])OCC[N+](C)(C)C. The van der Waals surface area contributed by atoms with Crippen LogP contribution in [0.5, 0.6) is 0 Å². The molecule has 9 nitrogen and oxygen atoms in total. The Bertz CT molecular complexity index is 1090. The Kier molecular flexibility index (Phi) is 39.4. The van der Waals surface area contributed by atoms with E-state index in [2.05, 4.69) is 50.3 Å². The van der Waals surface area contributed by atoms with Crippen LogP contribution in [0, 0.1) is 0 Å². The summed E-state index contributed by atoms with van der Waals surface area (Å²) in [6.07, 6.45) is 45.9. The van der Waals surface area contributed by atoms with Gasteiger partial charge in [0, 0.05) is 12.8 Å². The molecule has 0 aromatic carbocycles. The molecule has 0 aliphatic rings. The van der Waals surface area contributed by atoms with Crippen LogP contribution in [-0.4, -0.2) is 70.0 Å². The molecular weight excluding hydrogens is 750 g/mol. The van der Waals surface area contributed by atoms with Gasteiger partial charge in [0.05, 0.1) is 27.7 Å². The molecule has 0 aliphatic heterocycles. The molecule has 0 aromatic rings. The topological polar surface area (TPSA) is 111 Å². The van der Waals surface area contributed by atoms with E-state index in [9.17, 15) is 19.0 Å². The van der Waals surface area contributed by atoms with Crippen molar-refractivity contribution < 1.29 is 42.1 Å². The van der Waals surface area contributed by atoms with Gasteiger partial charge >= 0.3 is 11.9 Å². The molecule has 0 fully saturated rings. The van der Waals surface area contributed by atoms with Crippen LogP contribution < -0.4 is 4.89 Å². The molecule has 0 amide bonds. The van der Waals surface area contributed by atoms with E-state index in [4.69, 9.17) is 18.5 Å². The Labute approximate surface area is 357 Å².